The minimum atomic E-state index is -2.49. The zero-order valence-corrected chi connectivity index (χ0v) is 20.5. The Hall–Kier alpha value is -1.96. The van der Waals surface area contributed by atoms with E-state index in [1.54, 1.807) is 36.4 Å². The topological polar surface area (TPSA) is 54.9 Å². The van der Waals surface area contributed by atoms with E-state index in [4.69, 9.17) is 33.2 Å². The number of carbonyl (C=O) groups is 1. The molecular formula is C24H21Cl2F2N3OS. The van der Waals surface area contributed by atoms with Gasteiger partial charge in [0.25, 0.3) is 5.76 Å². The number of aromatic nitrogens is 2. The van der Waals surface area contributed by atoms with Crippen LogP contribution in [0.4, 0.5) is 14.5 Å². The second-order valence-electron chi connectivity index (χ2n) is 9.40. The molecule has 0 spiro atoms. The van der Waals surface area contributed by atoms with Crippen molar-refractivity contribution in [3.63, 3.8) is 0 Å². The van der Waals surface area contributed by atoms with Crippen LogP contribution in [0.5, 0.6) is 0 Å². The van der Waals surface area contributed by atoms with Crippen LogP contribution >= 0.6 is 35.0 Å². The average Bonchev–Trinajstić information content (AvgIpc) is 3.04. The number of fused-ring (bicyclic) bond motifs is 6. The molecule has 172 valence electrons. The third-order valence-electron chi connectivity index (χ3n) is 7.80. The van der Waals surface area contributed by atoms with Gasteiger partial charge in [-0.15, -0.1) is 0 Å². The fourth-order valence-corrected chi connectivity index (χ4v) is 6.37. The lowest BCUT2D eigenvalue weighted by Crippen LogP contribution is -2.48. The highest BCUT2D eigenvalue weighted by atomic mass is 35.5. The van der Waals surface area contributed by atoms with Gasteiger partial charge in [0.05, 0.1) is 37.9 Å². The van der Waals surface area contributed by atoms with E-state index in [-0.39, 0.29) is 11.3 Å². The normalized spacial score (nSPS) is 25.0. The smallest absolute Gasteiger partial charge is 0.288 e. The second kappa shape index (κ2) is 7.52. The zero-order chi connectivity index (χ0) is 23.8. The van der Waals surface area contributed by atoms with Gasteiger partial charge < -0.3 is 5.32 Å². The van der Waals surface area contributed by atoms with Gasteiger partial charge in [0.15, 0.2) is 0 Å². The minimum absolute atomic E-state index is 0.169. The molecule has 1 amide bonds. The Morgan fingerprint density at radius 2 is 1.58 bits per heavy atom. The SMILES string of the molecule is CC12CCC(C(=O)Nc3ccc(SC(F)F)cc3)(c3nc4cc(Cl)c(Cl)cc4nc31)C2(C)C. The van der Waals surface area contributed by atoms with Crippen molar-refractivity contribution in [3.05, 3.63) is 57.8 Å². The maximum Gasteiger partial charge on any atom is 0.288 e. The number of halogens is 4. The molecule has 1 aromatic heterocycles. The number of benzene rings is 2. The van der Waals surface area contributed by atoms with Crippen molar-refractivity contribution in [3.8, 4) is 0 Å². The predicted molar refractivity (Wildman–Crippen MR) is 129 cm³/mol. The average molecular weight is 508 g/mol. The molecule has 0 saturated heterocycles. The molecule has 0 aliphatic heterocycles. The standard InChI is InChI=1S/C24H21Cl2F2N3OS/c1-22(2)23(3)8-9-24(22,20(32)29-12-4-6-13(7-5-12)33-21(27)28)19-18(23)30-16-10-14(25)15(26)11-17(16)31-19/h4-7,10-11,21H,8-9H2,1-3H3,(H,29,32). The summed E-state index contributed by atoms with van der Waals surface area (Å²) >= 11 is 12.9. The second-order valence-corrected chi connectivity index (χ2v) is 11.3. The molecule has 3 aromatic rings. The summed E-state index contributed by atoms with van der Waals surface area (Å²) < 4.78 is 25.2. The van der Waals surface area contributed by atoms with Gasteiger partial charge in [0.2, 0.25) is 5.91 Å². The Labute approximate surface area is 204 Å². The van der Waals surface area contributed by atoms with Crippen LogP contribution in [0.25, 0.3) is 11.0 Å². The molecule has 2 aromatic carbocycles. The van der Waals surface area contributed by atoms with Crippen LogP contribution in [0.2, 0.25) is 10.0 Å². The number of rotatable bonds is 4. The Kier molecular flexibility index (Phi) is 5.20. The van der Waals surface area contributed by atoms with Crippen molar-refractivity contribution >= 4 is 57.6 Å². The van der Waals surface area contributed by atoms with Crippen molar-refractivity contribution in [2.24, 2.45) is 5.41 Å². The summed E-state index contributed by atoms with van der Waals surface area (Å²) in [6.45, 7) is 6.33. The molecule has 2 aliphatic carbocycles. The van der Waals surface area contributed by atoms with E-state index in [1.165, 1.54) is 0 Å². The number of nitrogens with zero attached hydrogens (tertiary/aromatic N) is 2. The highest BCUT2D eigenvalue weighted by molar-refractivity contribution is 7.99. The highest BCUT2D eigenvalue weighted by Crippen LogP contribution is 2.70. The number of carbonyl (C=O) groups excluding carboxylic acids is 1. The number of anilines is 1. The summed E-state index contributed by atoms with van der Waals surface area (Å²) in [5, 5.41) is 3.81. The lowest BCUT2D eigenvalue weighted by atomic mass is 9.63. The number of nitrogens with one attached hydrogen (secondary N) is 1. The van der Waals surface area contributed by atoms with Gasteiger partial charge in [0, 0.05) is 16.0 Å². The van der Waals surface area contributed by atoms with Crippen molar-refractivity contribution in [2.75, 3.05) is 5.32 Å². The Morgan fingerprint density at radius 1 is 1.00 bits per heavy atom. The summed E-state index contributed by atoms with van der Waals surface area (Å²) in [7, 11) is 0. The fourth-order valence-electron chi connectivity index (χ4n) is 5.56. The Morgan fingerprint density at radius 3 is 2.15 bits per heavy atom. The fraction of sp³-hybridized carbons (Fsp3) is 0.375. The van der Waals surface area contributed by atoms with Gasteiger partial charge in [-0.05, 0) is 54.7 Å². The molecule has 2 bridgehead atoms. The van der Waals surface area contributed by atoms with Crippen molar-refractivity contribution in [2.45, 2.75) is 55.1 Å². The van der Waals surface area contributed by atoms with Crippen molar-refractivity contribution < 1.29 is 13.6 Å². The van der Waals surface area contributed by atoms with Crippen LogP contribution in [0.1, 0.15) is 45.0 Å². The molecule has 1 fully saturated rings. The van der Waals surface area contributed by atoms with Crippen molar-refractivity contribution in [1.82, 2.24) is 9.97 Å². The number of hydrogen-bond acceptors (Lipinski definition) is 4. The van der Waals surface area contributed by atoms with Gasteiger partial charge in [0.1, 0.15) is 0 Å². The third kappa shape index (κ3) is 3.12. The molecule has 0 radical (unpaired) electrons. The van der Waals surface area contributed by atoms with E-state index >= 15 is 0 Å². The molecule has 9 heteroatoms. The van der Waals surface area contributed by atoms with E-state index in [9.17, 15) is 13.6 Å². The van der Waals surface area contributed by atoms with Gasteiger partial charge in [-0.1, -0.05) is 55.7 Å². The maximum atomic E-state index is 13.9. The lowest BCUT2D eigenvalue weighted by molar-refractivity contribution is -0.125. The van der Waals surface area contributed by atoms with Crippen LogP contribution in [-0.2, 0) is 15.6 Å². The maximum absolute atomic E-state index is 13.9. The first-order valence-electron chi connectivity index (χ1n) is 10.5. The van der Waals surface area contributed by atoms with Crippen LogP contribution in [0.3, 0.4) is 0 Å². The quantitative estimate of drug-likeness (QED) is 0.378. The Bertz CT molecular complexity index is 1300. The van der Waals surface area contributed by atoms with E-state index in [1.807, 2.05) is 0 Å². The van der Waals surface area contributed by atoms with Crippen LogP contribution in [0.15, 0.2) is 41.3 Å². The zero-order valence-electron chi connectivity index (χ0n) is 18.2. The molecule has 1 N–H and O–H groups in total. The first-order valence-corrected chi connectivity index (χ1v) is 12.2. The number of hydrogen-bond donors (Lipinski definition) is 1. The lowest BCUT2D eigenvalue weighted by Gasteiger charge is -2.39. The van der Waals surface area contributed by atoms with Gasteiger partial charge >= 0.3 is 0 Å². The predicted octanol–water partition coefficient (Wildman–Crippen LogP) is 7.22. The van der Waals surface area contributed by atoms with E-state index in [0.717, 1.165) is 12.1 Å². The van der Waals surface area contributed by atoms with Gasteiger partial charge in [-0.3, -0.25) is 4.79 Å². The molecular weight excluding hydrogens is 487 g/mol. The summed E-state index contributed by atoms with van der Waals surface area (Å²) in [5.74, 6) is -2.66. The van der Waals surface area contributed by atoms with Gasteiger partial charge in [-0.2, -0.15) is 8.78 Å². The van der Waals surface area contributed by atoms with E-state index in [2.05, 4.69) is 26.1 Å². The first-order chi connectivity index (χ1) is 15.5. The first kappa shape index (κ1) is 22.8. The van der Waals surface area contributed by atoms with Crippen molar-refractivity contribution in [1.29, 1.82) is 0 Å². The number of amides is 1. The molecule has 2 unspecified atom stereocenters. The molecule has 2 aliphatic rings. The number of alkyl halides is 2. The molecule has 1 saturated carbocycles. The molecule has 4 nitrogen and oxygen atoms in total. The van der Waals surface area contributed by atoms with Crippen LogP contribution < -0.4 is 5.32 Å². The number of thioether (sulfide) groups is 1. The molecule has 2 atom stereocenters. The van der Waals surface area contributed by atoms with Crippen LogP contribution in [-0.4, -0.2) is 21.6 Å². The summed E-state index contributed by atoms with van der Waals surface area (Å²) in [4.78, 5) is 24.2. The van der Waals surface area contributed by atoms with Gasteiger partial charge in [-0.25, -0.2) is 9.97 Å². The van der Waals surface area contributed by atoms with E-state index in [0.29, 0.717) is 55.5 Å². The van der Waals surface area contributed by atoms with E-state index < -0.39 is 16.6 Å². The minimum Gasteiger partial charge on any atom is -0.325 e. The molecule has 33 heavy (non-hydrogen) atoms. The summed E-state index contributed by atoms with van der Waals surface area (Å²) in [6.07, 6.45) is 1.43. The summed E-state index contributed by atoms with van der Waals surface area (Å²) in [6, 6.07) is 9.83. The monoisotopic (exact) mass is 507 g/mol. The van der Waals surface area contributed by atoms with Crippen LogP contribution in [0, 0.1) is 5.41 Å². The molecule has 1 heterocycles. The Balaban J connectivity index is 1.59. The third-order valence-corrected chi connectivity index (χ3v) is 9.25. The largest absolute Gasteiger partial charge is 0.325 e. The molecule has 5 rings (SSSR count). The highest BCUT2D eigenvalue weighted by Gasteiger charge is 2.73. The summed E-state index contributed by atoms with van der Waals surface area (Å²) in [5.41, 5.74) is 1.60.